The van der Waals surface area contributed by atoms with Gasteiger partial charge in [0, 0.05) is 34.5 Å². The molecule has 1 aliphatic heterocycles. The van der Waals surface area contributed by atoms with Crippen molar-refractivity contribution in [2.45, 2.75) is 26.7 Å². The van der Waals surface area contributed by atoms with Crippen LogP contribution < -0.4 is 25.8 Å². The predicted molar refractivity (Wildman–Crippen MR) is 171 cm³/mol. The second-order valence-electron chi connectivity index (χ2n) is 10.0. The van der Waals surface area contributed by atoms with Gasteiger partial charge in [0.05, 0.1) is 25.0 Å². The minimum Gasteiger partial charge on any atom is -0.497 e. The molecule has 222 valence electrons. The van der Waals surface area contributed by atoms with Crippen LogP contribution in [-0.2, 0) is 18.4 Å². The molecule has 3 N–H and O–H groups in total. The zero-order valence-corrected chi connectivity index (χ0v) is 26.0. The first-order valence-corrected chi connectivity index (χ1v) is 14.3. The number of fused-ring (bicyclic) bond motifs is 1. The van der Waals surface area contributed by atoms with Crippen LogP contribution in [0.1, 0.15) is 28.4 Å². The number of carbonyl (C=O) groups excluding carboxylic acids is 2. The van der Waals surface area contributed by atoms with Crippen LogP contribution in [0.25, 0.3) is 0 Å². The van der Waals surface area contributed by atoms with Crippen LogP contribution in [0.3, 0.4) is 0 Å². The summed E-state index contributed by atoms with van der Waals surface area (Å²) in [6.45, 7) is 2.95. The van der Waals surface area contributed by atoms with Gasteiger partial charge in [-0.1, -0.05) is 18.2 Å². The summed E-state index contributed by atoms with van der Waals surface area (Å²) in [6, 6.07) is 18.3. The fourth-order valence-corrected chi connectivity index (χ4v) is 5.53. The number of carbonyl (C=O) groups is 2. The minimum absolute atomic E-state index is 0.00451. The van der Waals surface area contributed by atoms with Gasteiger partial charge in [0.1, 0.15) is 22.9 Å². The molecular weight excluding hydrogens is 668 g/mol. The van der Waals surface area contributed by atoms with E-state index in [0.717, 1.165) is 0 Å². The van der Waals surface area contributed by atoms with Crippen molar-refractivity contribution in [2.24, 2.45) is 7.05 Å². The molecule has 0 fully saturated rings. The number of aliphatic hydroxyl groups is 1. The largest absolute Gasteiger partial charge is 0.497 e. The summed E-state index contributed by atoms with van der Waals surface area (Å²) in [5, 5.41) is 17.5. The van der Waals surface area contributed by atoms with Gasteiger partial charge < -0.3 is 20.5 Å². The molecule has 2 heterocycles. The van der Waals surface area contributed by atoms with Crippen LogP contribution in [0.4, 0.5) is 33.0 Å². The highest BCUT2D eigenvalue weighted by molar-refractivity contribution is 14.1. The SMILES string of the molecule is COc1ccc(CN2C(=O)c3c(c(C)c(=O)n(C)c3Nc3ccc(I)cc3F)N(c3cccc(NC(C)=O)c3)C2O)cc1. The van der Waals surface area contributed by atoms with Crippen molar-refractivity contribution in [2.75, 3.05) is 22.6 Å². The van der Waals surface area contributed by atoms with Gasteiger partial charge in [-0.3, -0.25) is 28.8 Å². The normalized spacial score (nSPS) is 14.4. The van der Waals surface area contributed by atoms with E-state index in [2.05, 4.69) is 10.6 Å². The number of halogens is 2. The molecule has 0 saturated carbocycles. The molecule has 0 radical (unpaired) electrons. The number of rotatable bonds is 7. The summed E-state index contributed by atoms with van der Waals surface area (Å²) in [4.78, 5) is 42.4. The van der Waals surface area contributed by atoms with Crippen LogP contribution >= 0.6 is 22.6 Å². The Morgan fingerprint density at radius 1 is 1.09 bits per heavy atom. The number of nitrogens with one attached hydrogen (secondary N) is 2. The molecule has 0 saturated heterocycles. The zero-order valence-electron chi connectivity index (χ0n) is 23.8. The van der Waals surface area contributed by atoms with E-state index in [1.165, 1.54) is 40.5 Å². The molecule has 1 unspecified atom stereocenters. The van der Waals surface area contributed by atoms with Gasteiger partial charge in [0.15, 0.2) is 0 Å². The monoisotopic (exact) mass is 697 g/mol. The molecule has 3 aromatic carbocycles. The molecule has 1 atom stereocenters. The smallest absolute Gasteiger partial charge is 0.263 e. The highest BCUT2D eigenvalue weighted by Gasteiger charge is 2.42. The number of benzene rings is 3. The number of methoxy groups -OCH3 is 1. The van der Waals surface area contributed by atoms with Crippen LogP contribution in [0.15, 0.2) is 71.5 Å². The van der Waals surface area contributed by atoms with Gasteiger partial charge >= 0.3 is 0 Å². The number of amides is 2. The summed E-state index contributed by atoms with van der Waals surface area (Å²) in [5.41, 5.74) is 1.64. The van der Waals surface area contributed by atoms with E-state index in [1.54, 1.807) is 68.6 Å². The standard InChI is InChI=1S/C31H29FIN5O5/c1-17-27-26(28(36(3)29(17)40)35-25-13-10-20(33)14-24(25)32)30(41)37(16-19-8-11-23(43-4)12-9-19)31(42)38(27)22-7-5-6-21(15-22)34-18(2)39/h5-15,31,35,42H,16H2,1-4H3,(H,34,39). The minimum atomic E-state index is -1.54. The molecule has 0 spiro atoms. The Bertz CT molecular complexity index is 1790. The lowest BCUT2D eigenvalue weighted by molar-refractivity contribution is -0.114. The number of nitrogens with zero attached hydrogens (tertiary/aromatic N) is 3. The van der Waals surface area contributed by atoms with Gasteiger partial charge in [-0.15, -0.1) is 0 Å². The lowest BCUT2D eigenvalue weighted by atomic mass is 10.0. The molecule has 12 heteroatoms. The third kappa shape index (κ3) is 5.79. The number of ether oxygens (including phenoxy) is 1. The van der Waals surface area contributed by atoms with Gasteiger partial charge in [-0.25, -0.2) is 4.39 Å². The lowest BCUT2D eigenvalue weighted by Gasteiger charge is -2.44. The predicted octanol–water partition coefficient (Wildman–Crippen LogP) is 5.22. The van der Waals surface area contributed by atoms with Crippen LogP contribution in [0.2, 0.25) is 0 Å². The Hall–Kier alpha value is -4.43. The Balaban J connectivity index is 1.74. The third-order valence-electron chi connectivity index (χ3n) is 7.16. The Morgan fingerprint density at radius 3 is 2.47 bits per heavy atom. The number of anilines is 5. The summed E-state index contributed by atoms with van der Waals surface area (Å²) < 4.78 is 22.2. The molecule has 10 nitrogen and oxygen atoms in total. The first kappa shape index (κ1) is 30.0. The van der Waals surface area contributed by atoms with Gasteiger partial charge in [-0.05, 0) is 83.6 Å². The van der Waals surface area contributed by atoms with Crippen molar-refractivity contribution in [3.05, 3.63) is 103 Å². The Labute approximate surface area is 260 Å². The fraction of sp³-hybridized carbons (Fsp3) is 0.194. The number of aromatic nitrogens is 1. The second-order valence-corrected chi connectivity index (χ2v) is 11.3. The van der Waals surface area contributed by atoms with E-state index < -0.39 is 23.6 Å². The summed E-state index contributed by atoms with van der Waals surface area (Å²) >= 11 is 1.99. The molecule has 0 bridgehead atoms. The Morgan fingerprint density at radius 2 is 1.81 bits per heavy atom. The van der Waals surface area contributed by atoms with Crippen molar-refractivity contribution in [1.82, 2.24) is 9.47 Å². The maximum atomic E-state index is 15.0. The molecule has 0 aliphatic carbocycles. The van der Waals surface area contributed by atoms with E-state index in [0.29, 0.717) is 26.3 Å². The molecular formula is C31H29FIN5O5. The topological polar surface area (TPSA) is 116 Å². The van der Waals surface area contributed by atoms with Crippen molar-refractivity contribution in [3.63, 3.8) is 0 Å². The number of hydrogen-bond acceptors (Lipinski definition) is 7. The summed E-state index contributed by atoms with van der Waals surface area (Å²) in [5.74, 6) is -0.728. The molecule has 43 heavy (non-hydrogen) atoms. The van der Waals surface area contributed by atoms with E-state index in [-0.39, 0.29) is 40.8 Å². The van der Waals surface area contributed by atoms with Crippen LogP contribution in [0.5, 0.6) is 5.75 Å². The highest BCUT2D eigenvalue weighted by Crippen LogP contribution is 2.42. The molecule has 1 aromatic heterocycles. The van der Waals surface area contributed by atoms with Crippen molar-refractivity contribution >= 4 is 63.0 Å². The van der Waals surface area contributed by atoms with E-state index in [9.17, 15) is 19.5 Å². The summed E-state index contributed by atoms with van der Waals surface area (Å²) in [7, 11) is 3.05. The molecule has 4 aromatic rings. The average molecular weight is 698 g/mol. The van der Waals surface area contributed by atoms with Gasteiger partial charge in [0.2, 0.25) is 12.3 Å². The van der Waals surface area contributed by atoms with Crippen molar-refractivity contribution < 1.29 is 23.8 Å². The third-order valence-corrected chi connectivity index (χ3v) is 7.83. The van der Waals surface area contributed by atoms with Crippen LogP contribution in [0, 0.1) is 16.3 Å². The molecule has 1 aliphatic rings. The van der Waals surface area contributed by atoms with Gasteiger partial charge in [0.25, 0.3) is 11.5 Å². The van der Waals surface area contributed by atoms with Crippen LogP contribution in [-0.4, -0.2) is 39.8 Å². The van der Waals surface area contributed by atoms with Crippen molar-refractivity contribution in [3.8, 4) is 5.75 Å². The fourth-order valence-electron chi connectivity index (χ4n) is 5.07. The van der Waals surface area contributed by atoms with Crippen molar-refractivity contribution in [1.29, 1.82) is 0 Å². The maximum Gasteiger partial charge on any atom is 0.263 e. The average Bonchev–Trinajstić information content (AvgIpc) is 2.97. The number of pyridine rings is 1. The maximum absolute atomic E-state index is 15.0. The molecule has 5 rings (SSSR count). The van der Waals surface area contributed by atoms with E-state index >= 15 is 4.39 Å². The Kier molecular flexibility index (Phi) is 8.42. The molecule has 2 amide bonds. The first-order chi connectivity index (χ1) is 20.5. The highest BCUT2D eigenvalue weighted by atomic mass is 127. The van der Waals surface area contributed by atoms with Gasteiger partial charge in [-0.2, -0.15) is 0 Å². The lowest BCUT2D eigenvalue weighted by Crippen LogP contribution is -2.54. The zero-order chi connectivity index (χ0) is 31.0. The number of hydrogen-bond donors (Lipinski definition) is 3. The summed E-state index contributed by atoms with van der Waals surface area (Å²) in [6.07, 6.45) is -1.54. The quantitative estimate of drug-likeness (QED) is 0.227. The van der Waals surface area contributed by atoms with E-state index in [4.69, 9.17) is 4.74 Å². The first-order valence-electron chi connectivity index (χ1n) is 13.2. The van der Waals surface area contributed by atoms with E-state index in [1.807, 2.05) is 22.6 Å². The second kappa shape index (κ2) is 12.1. The number of aliphatic hydroxyl groups excluding tert-OH is 1.